The third kappa shape index (κ3) is 9.73. The summed E-state index contributed by atoms with van der Waals surface area (Å²) >= 11 is 0. The summed E-state index contributed by atoms with van der Waals surface area (Å²) in [5, 5.41) is 114. The van der Waals surface area contributed by atoms with E-state index in [1.54, 1.807) is 0 Å². The van der Waals surface area contributed by atoms with Gasteiger partial charge in [0.05, 0.1) is 51.8 Å². The Morgan fingerprint density at radius 2 is 1.29 bits per heavy atom. The molecular formula is C50H82O20. The molecule has 0 aromatic rings. The number of hydrogen-bond donors (Lipinski definition) is 11. The van der Waals surface area contributed by atoms with E-state index in [-0.39, 0.29) is 42.9 Å². The van der Waals surface area contributed by atoms with Gasteiger partial charge in [-0.25, -0.2) is 0 Å². The molecule has 20 nitrogen and oxygen atoms in total. The predicted octanol–water partition coefficient (Wildman–Crippen LogP) is -0.798. The largest absolute Gasteiger partial charge is 0.394 e. The summed E-state index contributed by atoms with van der Waals surface area (Å²) < 4.78 is 54.7. The number of fused-ring (bicyclic) bond motifs is 7. The van der Waals surface area contributed by atoms with E-state index in [2.05, 4.69) is 33.8 Å². The second kappa shape index (κ2) is 21.5. The van der Waals surface area contributed by atoms with Crippen molar-refractivity contribution in [2.24, 2.45) is 52.3 Å². The first-order valence-electron chi connectivity index (χ1n) is 26.1. The van der Waals surface area contributed by atoms with Crippen LogP contribution >= 0.6 is 0 Å². The fourth-order valence-electron chi connectivity index (χ4n) is 14.8. The van der Waals surface area contributed by atoms with Gasteiger partial charge in [0.1, 0.15) is 73.2 Å². The van der Waals surface area contributed by atoms with Crippen LogP contribution in [0.5, 0.6) is 0 Å². The molecule has 9 aliphatic rings. The molecule has 9 rings (SSSR count). The standard InChI is InChI=1S/C50H82O20/c1-23-7-13-50(65-20-23)24(2)35-31(70-50)16-30-28-6-5-26-15-27(8-11-48(26,3)29(28)9-12-49(30,35)4)62-14-10-25(21-63-45-41(59)38(56)36(54)32(17-51)66-45)22-64-46-43(61)40(58)44(34(19-53)68-46)69-47-42(60)39(57)37(55)33(18-52)67-47/h5,23-25,27-47,51-61H,6-22H2,1-4H3/t23-,24+,25-,27+,28-,29+,30+,31+,32-,33-,34-,35+,36-,37-,38+,39+,40-,41-,42-,43-,44-,45-,46-,47-,48+,49+,50-/m1/s1. The lowest BCUT2D eigenvalue weighted by Crippen LogP contribution is -2.64. The summed E-state index contributed by atoms with van der Waals surface area (Å²) in [7, 11) is 0. The van der Waals surface area contributed by atoms with Crippen LogP contribution in [0, 0.1) is 52.3 Å². The molecule has 70 heavy (non-hydrogen) atoms. The van der Waals surface area contributed by atoms with Crippen LogP contribution in [0.3, 0.4) is 0 Å². The molecule has 5 saturated heterocycles. The lowest BCUT2D eigenvalue weighted by Gasteiger charge is -2.58. The van der Waals surface area contributed by atoms with Gasteiger partial charge in [-0.3, -0.25) is 0 Å². The molecule has 1 spiro atoms. The van der Waals surface area contributed by atoms with Crippen molar-refractivity contribution >= 4 is 0 Å². The van der Waals surface area contributed by atoms with Crippen molar-refractivity contribution in [3.8, 4) is 0 Å². The molecule has 0 aromatic heterocycles. The molecule has 0 unspecified atom stereocenters. The number of aliphatic hydroxyl groups excluding tert-OH is 11. The van der Waals surface area contributed by atoms with Gasteiger partial charge < -0.3 is 98.8 Å². The van der Waals surface area contributed by atoms with Crippen molar-refractivity contribution in [3.63, 3.8) is 0 Å². The summed E-state index contributed by atoms with van der Waals surface area (Å²) in [5.41, 5.74) is 1.79. The van der Waals surface area contributed by atoms with Crippen molar-refractivity contribution in [1.29, 1.82) is 0 Å². The molecule has 402 valence electrons. The van der Waals surface area contributed by atoms with E-state index in [1.807, 2.05) is 0 Å². The molecule has 27 atom stereocenters. The first kappa shape index (κ1) is 53.8. The van der Waals surface area contributed by atoms with Gasteiger partial charge in [-0.2, -0.15) is 0 Å². The van der Waals surface area contributed by atoms with E-state index in [0.717, 1.165) is 51.6 Å². The Hall–Kier alpha value is -1.06. The second-order valence-electron chi connectivity index (χ2n) is 23.0. The zero-order valence-electron chi connectivity index (χ0n) is 41.0. The highest BCUT2D eigenvalue weighted by Crippen LogP contribution is 2.70. The van der Waals surface area contributed by atoms with Gasteiger partial charge in [-0.05, 0) is 98.2 Å². The van der Waals surface area contributed by atoms with Gasteiger partial charge in [0.25, 0.3) is 0 Å². The highest BCUT2D eigenvalue weighted by atomic mass is 16.7. The minimum atomic E-state index is -1.82. The normalized spacial score (nSPS) is 52.9. The summed E-state index contributed by atoms with van der Waals surface area (Å²) in [6, 6.07) is 0. The Kier molecular flexibility index (Phi) is 16.5. The molecule has 0 radical (unpaired) electrons. The van der Waals surface area contributed by atoms with Crippen LogP contribution in [0.1, 0.15) is 91.9 Å². The average molecular weight is 1000 g/mol. The van der Waals surface area contributed by atoms with Crippen LogP contribution in [0.25, 0.3) is 0 Å². The van der Waals surface area contributed by atoms with E-state index >= 15 is 0 Å². The van der Waals surface area contributed by atoms with Gasteiger partial charge in [-0.1, -0.05) is 39.3 Å². The topological polar surface area (TPSA) is 306 Å². The Balaban J connectivity index is 0.819. The number of rotatable bonds is 15. The highest BCUT2D eigenvalue weighted by molar-refractivity contribution is 5.26. The Labute approximate surface area is 410 Å². The number of allylic oxidation sites excluding steroid dienone is 1. The average Bonchev–Trinajstić information content (AvgIpc) is 3.80. The van der Waals surface area contributed by atoms with Crippen LogP contribution in [0.2, 0.25) is 0 Å². The molecule has 20 heteroatoms. The molecule has 0 bridgehead atoms. The van der Waals surface area contributed by atoms with Crippen LogP contribution < -0.4 is 0 Å². The van der Waals surface area contributed by atoms with Crippen molar-refractivity contribution < 1.29 is 98.8 Å². The third-order valence-electron chi connectivity index (χ3n) is 19.0. The van der Waals surface area contributed by atoms with E-state index in [0.29, 0.717) is 41.9 Å². The first-order chi connectivity index (χ1) is 33.4. The maximum Gasteiger partial charge on any atom is 0.187 e. The first-order valence-corrected chi connectivity index (χ1v) is 26.1. The molecule has 0 amide bonds. The highest BCUT2D eigenvalue weighted by Gasteiger charge is 2.69. The molecule has 5 aliphatic heterocycles. The smallest absolute Gasteiger partial charge is 0.187 e. The van der Waals surface area contributed by atoms with Gasteiger partial charge in [0.15, 0.2) is 24.7 Å². The zero-order chi connectivity index (χ0) is 50.0. The van der Waals surface area contributed by atoms with Crippen molar-refractivity contribution in [2.75, 3.05) is 46.2 Å². The van der Waals surface area contributed by atoms with Crippen molar-refractivity contribution in [3.05, 3.63) is 11.6 Å². The maximum atomic E-state index is 11.2. The molecule has 0 aromatic carbocycles. The van der Waals surface area contributed by atoms with Crippen LogP contribution in [-0.2, 0) is 42.6 Å². The maximum absolute atomic E-state index is 11.2. The van der Waals surface area contributed by atoms with Crippen LogP contribution in [-0.4, -0.2) is 213 Å². The van der Waals surface area contributed by atoms with E-state index in [9.17, 15) is 56.2 Å². The molecule has 4 aliphatic carbocycles. The lowest BCUT2D eigenvalue weighted by molar-refractivity contribution is -0.360. The fraction of sp³-hybridized carbons (Fsp3) is 0.960. The summed E-state index contributed by atoms with van der Waals surface area (Å²) in [5.74, 6) is 2.32. The monoisotopic (exact) mass is 1000 g/mol. The SMILES string of the molecule is C[C@@H]1CC[C@@]2(OC1)O[C@H]1C[C@H]3[C@@H]4CC=C5C[C@@H](OCC[C@H](CO[C@@H]6O[C@H](CO)[C@@H](O)[C@H](O)[C@H]6O)CO[C@@H]6O[C@H](CO)[C@@H](O[C@H]7O[C@H](CO)[C@@H](O)[C@H](O)[C@H]7O)[C@H](O)[C@H]6O)CC[C@]5(C)[C@H]4CC[C@]3(C)[C@H]1[C@@H]2C. The van der Waals surface area contributed by atoms with Gasteiger partial charge in [0, 0.05) is 24.9 Å². The minimum absolute atomic E-state index is 0.0308. The van der Waals surface area contributed by atoms with Gasteiger partial charge in [-0.15, -0.1) is 0 Å². The minimum Gasteiger partial charge on any atom is -0.394 e. The van der Waals surface area contributed by atoms with E-state index in [1.165, 1.54) is 18.4 Å². The van der Waals surface area contributed by atoms with Crippen LogP contribution in [0.15, 0.2) is 11.6 Å². The number of hydrogen-bond acceptors (Lipinski definition) is 20. The summed E-state index contributed by atoms with van der Waals surface area (Å²) in [4.78, 5) is 0. The Morgan fingerprint density at radius 3 is 1.91 bits per heavy atom. The summed E-state index contributed by atoms with van der Waals surface area (Å²) in [6.07, 6.45) is -11.1. The molecule has 5 heterocycles. The van der Waals surface area contributed by atoms with Crippen LogP contribution in [0.4, 0.5) is 0 Å². The molecule has 11 N–H and O–H groups in total. The Bertz CT molecular complexity index is 1760. The molecular weight excluding hydrogens is 921 g/mol. The number of ether oxygens (including phenoxy) is 9. The third-order valence-corrected chi connectivity index (χ3v) is 19.0. The second-order valence-corrected chi connectivity index (χ2v) is 23.0. The van der Waals surface area contributed by atoms with Crippen molar-refractivity contribution in [2.45, 2.75) is 202 Å². The van der Waals surface area contributed by atoms with E-state index in [4.69, 9.17) is 42.6 Å². The van der Waals surface area contributed by atoms with E-state index < -0.39 is 124 Å². The Morgan fingerprint density at radius 1 is 0.671 bits per heavy atom. The zero-order valence-corrected chi connectivity index (χ0v) is 41.0. The fourth-order valence-corrected chi connectivity index (χ4v) is 14.8. The summed E-state index contributed by atoms with van der Waals surface area (Å²) in [6.45, 7) is 8.34. The molecule has 3 saturated carbocycles. The molecule has 8 fully saturated rings. The van der Waals surface area contributed by atoms with Gasteiger partial charge in [0.2, 0.25) is 0 Å². The van der Waals surface area contributed by atoms with Crippen molar-refractivity contribution in [1.82, 2.24) is 0 Å². The lowest BCUT2D eigenvalue weighted by atomic mass is 9.47. The quantitative estimate of drug-likeness (QED) is 0.0896. The number of aliphatic hydroxyl groups is 11. The van der Waals surface area contributed by atoms with Gasteiger partial charge >= 0.3 is 0 Å². The predicted molar refractivity (Wildman–Crippen MR) is 242 cm³/mol.